The summed E-state index contributed by atoms with van der Waals surface area (Å²) in [6.07, 6.45) is 0. The van der Waals surface area contributed by atoms with E-state index >= 15 is 0 Å². The maximum absolute atomic E-state index is 9.37. The average Bonchev–Trinajstić information content (AvgIpc) is 1.38. The van der Waals surface area contributed by atoms with Crippen molar-refractivity contribution < 1.29 is 26.8 Å². The molecule has 1 nitrogen and oxygen atoms in total. The predicted molar refractivity (Wildman–Crippen MR) is 20.4 cm³/mol. The van der Waals surface area contributed by atoms with Gasteiger partial charge in [-0.2, -0.15) is 0 Å². The molecule has 0 aromatic heterocycles. The maximum Gasteiger partial charge on any atom is 0.0922 e. The first kappa shape index (κ1) is 10.3. The summed E-state index contributed by atoms with van der Waals surface area (Å²) < 4.78 is 0. The third-order valence-corrected chi connectivity index (χ3v) is 0.378. The minimum atomic E-state index is -0.727. The van der Waals surface area contributed by atoms with E-state index < -0.39 is 11.4 Å². The van der Waals surface area contributed by atoms with Gasteiger partial charge < -0.3 is 5.11 Å². The van der Waals surface area contributed by atoms with Crippen LogP contribution in [0.4, 0.5) is 0 Å². The van der Waals surface area contributed by atoms with Gasteiger partial charge in [-0.3, -0.25) is 0 Å². The Morgan fingerprint density at radius 3 is 1.67 bits per heavy atom. The van der Waals surface area contributed by atoms with Gasteiger partial charge in [0.2, 0.25) is 0 Å². The van der Waals surface area contributed by atoms with Crippen LogP contribution in [0, 0.1) is 0 Å². The molecule has 0 heterocycles. The van der Waals surface area contributed by atoms with Crippen molar-refractivity contribution in [2.75, 3.05) is 6.61 Å². The van der Waals surface area contributed by atoms with Gasteiger partial charge in [-0.1, -0.05) is 0 Å². The van der Waals surface area contributed by atoms with E-state index in [1.54, 1.807) is 0 Å². The number of alkyl halides is 2. The van der Waals surface area contributed by atoms with E-state index in [9.17, 15) is 5.11 Å². The molecule has 0 radical (unpaired) electrons. The molecule has 0 rings (SSSR count). The largest absolute Gasteiger partial charge is 0.853 e. The molecule has 0 aromatic rings. The molecule has 0 fully saturated rings. The fourth-order valence-electron chi connectivity index (χ4n) is 0. The summed E-state index contributed by atoms with van der Waals surface area (Å²) in [6.45, 7) is -0.414. The summed E-state index contributed by atoms with van der Waals surface area (Å²) in [7, 11) is 0. The standard InChI is InChI=1S/C2H3Cl2O.Ti/c3-2(4)1-5;/h2H,1H2;/q-1;. The molecule has 0 amide bonds. The van der Waals surface area contributed by atoms with Crippen molar-refractivity contribution in [3.05, 3.63) is 0 Å². The van der Waals surface area contributed by atoms with Crippen molar-refractivity contribution in [1.29, 1.82) is 0 Å². The van der Waals surface area contributed by atoms with Gasteiger partial charge in [-0.05, 0) is 0 Å². The van der Waals surface area contributed by atoms with Crippen LogP contribution in [-0.4, -0.2) is 11.4 Å². The van der Waals surface area contributed by atoms with Gasteiger partial charge in [0.15, 0.2) is 0 Å². The fourth-order valence-corrected chi connectivity index (χ4v) is 0. The molecule has 0 aliphatic heterocycles. The Labute approximate surface area is 61.5 Å². The molecule has 36 valence electrons. The Hall–Kier alpha value is 1.25. The summed E-state index contributed by atoms with van der Waals surface area (Å²) >= 11 is 9.83. The van der Waals surface area contributed by atoms with Gasteiger partial charge in [0.25, 0.3) is 0 Å². The van der Waals surface area contributed by atoms with E-state index in [4.69, 9.17) is 23.2 Å². The monoisotopic (exact) mass is 161 g/mol. The molecule has 4 heteroatoms. The molecule has 0 aliphatic carbocycles. The van der Waals surface area contributed by atoms with Gasteiger partial charge in [0.05, 0.1) is 4.84 Å². The Morgan fingerprint density at radius 1 is 1.50 bits per heavy atom. The zero-order valence-electron chi connectivity index (χ0n) is 2.95. The minimum absolute atomic E-state index is 0. The second-order valence-electron chi connectivity index (χ2n) is 0.558. The van der Waals surface area contributed by atoms with Crippen LogP contribution in [0.2, 0.25) is 0 Å². The van der Waals surface area contributed by atoms with Crippen LogP contribution in [0.5, 0.6) is 0 Å². The molecular weight excluding hydrogens is 159 g/mol. The van der Waals surface area contributed by atoms with Crippen LogP contribution in [0.1, 0.15) is 0 Å². The van der Waals surface area contributed by atoms with E-state index in [0.29, 0.717) is 0 Å². The van der Waals surface area contributed by atoms with Gasteiger partial charge in [0.1, 0.15) is 0 Å². The maximum atomic E-state index is 9.37. The third kappa shape index (κ3) is 8.98. The molecule has 0 bridgehead atoms. The zero-order chi connectivity index (χ0) is 4.28. The van der Waals surface area contributed by atoms with E-state index in [1.807, 2.05) is 0 Å². The van der Waals surface area contributed by atoms with Crippen LogP contribution < -0.4 is 5.11 Å². The van der Waals surface area contributed by atoms with Crippen LogP contribution in [0.3, 0.4) is 0 Å². The summed E-state index contributed by atoms with van der Waals surface area (Å²) in [5.74, 6) is 0. The predicted octanol–water partition coefficient (Wildman–Crippen LogP) is 0.148. The first-order valence-corrected chi connectivity index (χ1v) is 2.01. The second kappa shape index (κ2) is 6.25. The van der Waals surface area contributed by atoms with Crippen LogP contribution >= 0.6 is 23.2 Å². The number of hydrogen-bond acceptors (Lipinski definition) is 1. The van der Waals surface area contributed by atoms with Crippen LogP contribution in [0.15, 0.2) is 0 Å². The smallest absolute Gasteiger partial charge is 0.0922 e. The van der Waals surface area contributed by atoms with Crippen molar-refractivity contribution in [3.63, 3.8) is 0 Å². The van der Waals surface area contributed by atoms with Crippen molar-refractivity contribution >= 4 is 23.2 Å². The molecule has 0 N–H and O–H groups in total. The zero-order valence-corrected chi connectivity index (χ0v) is 6.02. The molecule has 0 saturated carbocycles. The normalized spacial score (nSPS) is 8.00. The first-order valence-electron chi connectivity index (χ1n) is 1.13. The first-order chi connectivity index (χ1) is 2.27. The fraction of sp³-hybridized carbons (Fsp3) is 1.00. The van der Waals surface area contributed by atoms with Crippen molar-refractivity contribution in [2.24, 2.45) is 0 Å². The van der Waals surface area contributed by atoms with Gasteiger partial charge >= 0.3 is 0 Å². The van der Waals surface area contributed by atoms with Gasteiger partial charge in [0, 0.05) is 21.7 Å². The summed E-state index contributed by atoms with van der Waals surface area (Å²) in [5, 5.41) is 9.37. The molecule has 0 spiro atoms. The van der Waals surface area contributed by atoms with Gasteiger partial charge in [-0.25, -0.2) is 0 Å². The van der Waals surface area contributed by atoms with E-state index in [2.05, 4.69) is 0 Å². The SMILES string of the molecule is [O-]CC(Cl)Cl.[Ti]. The molecular formula is C2H3Cl2OTi-. The van der Waals surface area contributed by atoms with Crippen molar-refractivity contribution in [3.8, 4) is 0 Å². The molecule has 0 unspecified atom stereocenters. The number of rotatable bonds is 1. The summed E-state index contributed by atoms with van der Waals surface area (Å²) in [6, 6.07) is 0. The van der Waals surface area contributed by atoms with E-state index in [-0.39, 0.29) is 21.7 Å². The third-order valence-electron chi connectivity index (χ3n) is 0.126. The van der Waals surface area contributed by atoms with E-state index in [0.717, 1.165) is 0 Å². The second-order valence-corrected chi connectivity index (χ2v) is 1.83. The van der Waals surface area contributed by atoms with Gasteiger partial charge in [-0.15, -0.1) is 29.8 Å². The molecule has 0 saturated heterocycles. The Bertz CT molecular complexity index is 25.5. The van der Waals surface area contributed by atoms with E-state index in [1.165, 1.54) is 0 Å². The Kier molecular flexibility index (Phi) is 10.7. The Balaban J connectivity index is 0. The van der Waals surface area contributed by atoms with Crippen molar-refractivity contribution in [2.45, 2.75) is 4.84 Å². The Morgan fingerprint density at radius 2 is 1.67 bits per heavy atom. The summed E-state index contributed by atoms with van der Waals surface area (Å²) in [4.78, 5) is -0.727. The van der Waals surface area contributed by atoms with Crippen LogP contribution in [-0.2, 0) is 21.7 Å². The van der Waals surface area contributed by atoms with Crippen molar-refractivity contribution in [1.82, 2.24) is 0 Å². The molecule has 6 heavy (non-hydrogen) atoms. The molecule has 0 aromatic carbocycles. The molecule has 0 aliphatic rings. The number of halogens is 2. The summed E-state index contributed by atoms with van der Waals surface area (Å²) in [5.41, 5.74) is 0. The van der Waals surface area contributed by atoms with Crippen LogP contribution in [0.25, 0.3) is 0 Å². The molecule has 0 atom stereocenters. The minimum Gasteiger partial charge on any atom is -0.853 e. The quantitative estimate of drug-likeness (QED) is 0.397. The topological polar surface area (TPSA) is 23.1 Å². The average molecular weight is 162 g/mol. The number of hydrogen-bond donors (Lipinski definition) is 0.